The molecule has 0 spiro atoms. The number of ether oxygens (including phenoxy) is 1. The number of fused-ring (bicyclic) bond motifs is 3. The Bertz CT molecular complexity index is 865. The van der Waals surface area contributed by atoms with E-state index in [2.05, 4.69) is 4.98 Å². The van der Waals surface area contributed by atoms with Gasteiger partial charge in [0.15, 0.2) is 0 Å². The lowest BCUT2D eigenvalue weighted by Gasteiger charge is -2.47. The summed E-state index contributed by atoms with van der Waals surface area (Å²) < 4.78 is 5.36. The van der Waals surface area contributed by atoms with E-state index in [-0.39, 0.29) is 36.1 Å². The standard InChI is InChI=1S/C21H24N2O6/c1-11(24)15-17-14-6-2-4-12(16(14)18(20(26)27)23(17)19(15)25)7-9-29-21(28)13-5-3-8-22-10-13/h3,5,8,10-12,14-15,17,24H,2,4,6-7,9H2,1H3,(H,26,27)/t11-,12-,14+,15-,17-/m1/s1. The van der Waals surface area contributed by atoms with Crippen LogP contribution in [0.5, 0.6) is 0 Å². The number of hydrogen-bond acceptors (Lipinski definition) is 6. The lowest BCUT2D eigenvalue weighted by atomic mass is 9.69. The first kappa shape index (κ1) is 19.6. The third-order valence-electron chi connectivity index (χ3n) is 6.34. The molecule has 1 saturated heterocycles. The Morgan fingerprint density at radius 3 is 2.83 bits per heavy atom. The summed E-state index contributed by atoms with van der Waals surface area (Å²) in [7, 11) is 0. The van der Waals surface area contributed by atoms with Crippen LogP contribution in [0.2, 0.25) is 0 Å². The summed E-state index contributed by atoms with van der Waals surface area (Å²) in [5.41, 5.74) is 1.22. The van der Waals surface area contributed by atoms with E-state index in [9.17, 15) is 24.6 Å². The molecule has 3 heterocycles. The van der Waals surface area contributed by atoms with E-state index in [1.54, 1.807) is 25.3 Å². The lowest BCUT2D eigenvalue weighted by molar-refractivity contribution is -0.163. The molecule has 154 valence electrons. The molecule has 3 aliphatic rings. The summed E-state index contributed by atoms with van der Waals surface area (Å²) >= 11 is 0. The van der Waals surface area contributed by atoms with Gasteiger partial charge >= 0.3 is 11.9 Å². The zero-order valence-electron chi connectivity index (χ0n) is 16.2. The van der Waals surface area contributed by atoms with E-state index in [1.807, 2.05) is 0 Å². The number of β-lactam (4-membered cyclic amide) rings is 1. The average molecular weight is 400 g/mol. The summed E-state index contributed by atoms with van der Waals surface area (Å²) in [4.78, 5) is 41.9. The van der Waals surface area contributed by atoms with E-state index >= 15 is 0 Å². The lowest BCUT2D eigenvalue weighted by Crippen LogP contribution is -2.64. The molecule has 1 aliphatic carbocycles. The fraction of sp³-hybridized carbons (Fsp3) is 0.524. The molecule has 0 radical (unpaired) electrons. The molecular weight excluding hydrogens is 376 g/mol. The second-order valence-electron chi connectivity index (χ2n) is 7.97. The van der Waals surface area contributed by atoms with Gasteiger partial charge in [0.1, 0.15) is 5.70 Å². The Hall–Kier alpha value is -2.74. The third kappa shape index (κ3) is 3.21. The maximum atomic E-state index is 12.5. The van der Waals surface area contributed by atoms with Crippen molar-refractivity contribution in [3.8, 4) is 0 Å². The van der Waals surface area contributed by atoms with Gasteiger partial charge in [-0.1, -0.05) is 6.42 Å². The van der Waals surface area contributed by atoms with Crippen molar-refractivity contribution in [2.45, 2.75) is 44.8 Å². The molecule has 2 aliphatic heterocycles. The number of rotatable bonds is 6. The second-order valence-corrected chi connectivity index (χ2v) is 7.97. The molecular formula is C21H24N2O6. The summed E-state index contributed by atoms with van der Waals surface area (Å²) in [5.74, 6) is -2.54. The molecule has 8 heteroatoms. The topological polar surface area (TPSA) is 117 Å². The van der Waals surface area contributed by atoms with Gasteiger partial charge in [0, 0.05) is 18.3 Å². The number of carbonyl (C=O) groups excluding carboxylic acids is 2. The van der Waals surface area contributed by atoms with Crippen molar-refractivity contribution in [2.24, 2.45) is 17.8 Å². The minimum atomic E-state index is -1.11. The van der Waals surface area contributed by atoms with Crippen LogP contribution in [-0.4, -0.2) is 56.7 Å². The molecule has 1 amide bonds. The van der Waals surface area contributed by atoms with Crippen LogP contribution in [-0.2, 0) is 14.3 Å². The van der Waals surface area contributed by atoms with Gasteiger partial charge < -0.3 is 19.8 Å². The highest BCUT2D eigenvalue weighted by atomic mass is 16.5. The number of nitrogens with zero attached hydrogens (tertiary/aromatic N) is 2. The van der Waals surface area contributed by atoms with E-state index in [1.165, 1.54) is 11.1 Å². The highest BCUT2D eigenvalue weighted by Gasteiger charge is 2.62. The number of carboxylic acids is 1. The molecule has 1 aromatic heterocycles. The molecule has 29 heavy (non-hydrogen) atoms. The number of hydrogen-bond donors (Lipinski definition) is 2. The van der Waals surface area contributed by atoms with Crippen LogP contribution in [0.25, 0.3) is 0 Å². The molecule has 5 atom stereocenters. The monoisotopic (exact) mass is 400 g/mol. The minimum Gasteiger partial charge on any atom is -0.477 e. The van der Waals surface area contributed by atoms with E-state index in [0.717, 1.165) is 24.8 Å². The Morgan fingerprint density at radius 1 is 1.38 bits per heavy atom. The predicted molar refractivity (Wildman–Crippen MR) is 100 cm³/mol. The number of aromatic nitrogens is 1. The number of esters is 1. The second kappa shape index (κ2) is 7.59. The molecule has 0 aromatic carbocycles. The average Bonchev–Trinajstić information content (AvgIpc) is 3.00. The van der Waals surface area contributed by atoms with E-state index in [0.29, 0.717) is 12.0 Å². The van der Waals surface area contributed by atoms with Crippen molar-refractivity contribution < 1.29 is 29.3 Å². The van der Waals surface area contributed by atoms with Crippen LogP contribution in [0.1, 0.15) is 43.0 Å². The molecule has 0 bridgehead atoms. The van der Waals surface area contributed by atoms with Crippen LogP contribution in [0, 0.1) is 17.8 Å². The van der Waals surface area contributed by atoms with Gasteiger partial charge in [0.05, 0.1) is 30.2 Å². The first-order valence-corrected chi connectivity index (χ1v) is 9.97. The Labute approximate surface area is 168 Å². The summed E-state index contributed by atoms with van der Waals surface area (Å²) in [6, 6.07) is 3.01. The van der Waals surface area contributed by atoms with Crippen molar-refractivity contribution >= 4 is 17.8 Å². The van der Waals surface area contributed by atoms with Gasteiger partial charge in [-0.25, -0.2) is 9.59 Å². The van der Waals surface area contributed by atoms with Gasteiger partial charge in [0.2, 0.25) is 5.91 Å². The molecule has 8 nitrogen and oxygen atoms in total. The van der Waals surface area contributed by atoms with Crippen LogP contribution >= 0.6 is 0 Å². The molecule has 2 fully saturated rings. The van der Waals surface area contributed by atoms with Crippen molar-refractivity contribution in [2.75, 3.05) is 6.61 Å². The molecule has 1 aromatic rings. The summed E-state index contributed by atoms with van der Waals surface area (Å²) in [6.45, 7) is 1.75. The van der Waals surface area contributed by atoms with Crippen LogP contribution in [0.15, 0.2) is 35.8 Å². The smallest absolute Gasteiger partial charge is 0.352 e. The van der Waals surface area contributed by atoms with Crippen LogP contribution in [0.3, 0.4) is 0 Å². The number of aliphatic carboxylic acids is 1. The first-order valence-electron chi connectivity index (χ1n) is 9.97. The van der Waals surface area contributed by atoms with Gasteiger partial charge in [-0.15, -0.1) is 0 Å². The van der Waals surface area contributed by atoms with Gasteiger partial charge in [-0.05, 0) is 49.8 Å². The van der Waals surface area contributed by atoms with Crippen molar-refractivity contribution in [3.63, 3.8) is 0 Å². The SMILES string of the molecule is C[C@@H](O)[C@H]1C(=O)N2C(C(=O)O)=C3[C@@H](CCOC(=O)c4cccnc4)CCC[C@@H]3[C@H]12. The number of carboxylic acid groups (broad SMARTS) is 1. The Balaban J connectivity index is 1.50. The van der Waals surface area contributed by atoms with Crippen LogP contribution in [0.4, 0.5) is 0 Å². The zero-order chi connectivity index (χ0) is 20.7. The first-order chi connectivity index (χ1) is 13.9. The summed E-state index contributed by atoms with van der Waals surface area (Å²) in [5, 5.41) is 19.8. The molecule has 4 rings (SSSR count). The summed E-state index contributed by atoms with van der Waals surface area (Å²) in [6.07, 6.45) is 5.21. The van der Waals surface area contributed by atoms with Gasteiger partial charge in [-0.2, -0.15) is 0 Å². The largest absolute Gasteiger partial charge is 0.477 e. The van der Waals surface area contributed by atoms with Gasteiger partial charge in [0.25, 0.3) is 0 Å². The fourth-order valence-corrected chi connectivity index (χ4v) is 5.16. The quantitative estimate of drug-likeness (QED) is 0.550. The van der Waals surface area contributed by atoms with Crippen molar-refractivity contribution in [1.29, 1.82) is 0 Å². The number of pyridine rings is 1. The number of aliphatic hydroxyl groups excluding tert-OH is 1. The van der Waals surface area contributed by atoms with Crippen molar-refractivity contribution in [1.82, 2.24) is 9.88 Å². The fourth-order valence-electron chi connectivity index (χ4n) is 5.16. The zero-order valence-corrected chi connectivity index (χ0v) is 16.2. The molecule has 1 saturated carbocycles. The highest BCUT2D eigenvalue weighted by molar-refractivity contribution is 6.00. The predicted octanol–water partition coefficient (Wildman–Crippen LogP) is 1.60. The third-order valence-corrected chi connectivity index (χ3v) is 6.34. The maximum absolute atomic E-state index is 12.5. The molecule has 0 unspecified atom stereocenters. The highest BCUT2D eigenvalue weighted by Crippen LogP contribution is 2.54. The van der Waals surface area contributed by atoms with Crippen LogP contribution < -0.4 is 0 Å². The number of aliphatic hydroxyl groups is 1. The normalized spacial score (nSPS) is 29.0. The molecule has 2 N–H and O–H groups in total. The Morgan fingerprint density at radius 2 is 2.17 bits per heavy atom. The van der Waals surface area contributed by atoms with E-state index < -0.39 is 24.0 Å². The minimum absolute atomic E-state index is 0.0498. The Kier molecular flexibility index (Phi) is 5.12. The van der Waals surface area contributed by atoms with E-state index in [4.69, 9.17) is 4.74 Å². The van der Waals surface area contributed by atoms with Gasteiger partial charge in [-0.3, -0.25) is 9.78 Å². The van der Waals surface area contributed by atoms with Crippen molar-refractivity contribution in [3.05, 3.63) is 41.4 Å². The number of amides is 1. The maximum Gasteiger partial charge on any atom is 0.352 e. The number of carbonyl (C=O) groups is 3.